The van der Waals surface area contributed by atoms with Gasteiger partial charge in [0.05, 0.1) is 10.6 Å². The molecule has 1 aromatic rings. The molecule has 3 rings (SSSR count). The molecule has 2 aliphatic heterocycles. The molecule has 5 heteroatoms. The first kappa shape index (κ1) is 14.6. The van der Waals surface area contributed by atoms with E-state index in [9.17, 15) is 4.79 Å². The lowest BCUT2D eigenvalue weighted by atomic mass is 10.1. The molecule has 2 fully saturated rings. The highest BCUT2D eigenvalue weighted by Gasteiger charge is 2.38. The van der Waals surface area contributed by atoms with Crippen molar-refractivity contribution in [2.24, 2.45) is 0 Å². The smallest absolute Gasteiger partial charge is 0.255 e. The van der Waals surface area contributed by atoms with Gasteiger partial charge in [0.15, 0.2) is 0 Å². The van der Waals surface area contributed by atoms with Crippen LogP contribution in [0.5, 0.6) is 0 Å². The van der Waals surface area contributed by atoms with Crippen LogP contribution in [0.4, 0.5) is 0 Å². The number of carbonyl (C=O) groups is 1. The fourth-order valence-electron chi connectivity index (χ4n) is 3.09. The van der Waals surface area contributed by atoms with Crippen LogP contribution < -0.4 is 5.32 Å². The molecule has 1 aromatic carbocycles. The fourth-order valence-corrected chi connectivity index (χ4v) is 3.30. The van der Waals surface area contributed by atoms with Crippen LogP contribution in [0.1, 0.15) is 29.6 Å². The van der Waals surface area contributed by atoms with E-state index in [1.807, 2.05) is 18.2 Å². The quantitative estimate of drug-likeness (QED) is 0.865. The van der Waals surface area contributed by atoms with Gasteiger partial charge in [-0.1, -0.05) is 23.7 Å². The summed E-state index contributed by atoms with van der Waals surface area (Å²) in [7, 11) is 0. The summed E-state index contributed by atoms with van der Waals surface area (Å²) in [5, 5.41) is 3.96. The van der Waals surface area contributed by atoms with Crippen molar-refractivity contribution in [3.8, 4) is 0 Å². The number of benzene rings is 1. The van der Waals surface area contributed by atoms with Gasteiger partial charge in [-0.05, 0) is 37.9 Å². The minimum absolute atomic E-state index is 0. The van der Waals surface area contributed by atoms with E-state index in [1.165, 1.54) is 0 Å². The molecule has 0 aromatic heterocycles. The second kappa shape index (κ2) is 6.12. The molecule has 2 atom stereocenters. The van der Waals surface area contributed by atoms with E-state index in [1.54, 1.807) is 6.07 Å². The van der Waals surface area contributed by atoms with Crippen LogP contribution in [0.15, 0.2) is 24.3 Å². The molecule has 0 saturated carbocycles. The number of halogens is 2. The van der Waals surface area contributed by atoms with Gasteiger partial charge in [-0.15, -0.1) is 12.4 Å². The number of carbonyl (C=O) groups excluding carboxylic acids is 1. The van der Waals surface area contributed by atoms with Crippen LogP contribution in [-0.4, -0.2) is 36.0 Å². The Kier molecular flexibility index (Phi) is 4.71. The fraction of sp³-hybridized carbons (Fsp3) is 0.500. The minimum Gasteiger partial charge on any atom is -0.331 e. The molecule has 2 aliphatic rings. The third kappa shape index (κ3) is 2.73. The maximum Gasteiger partial charge on any atom is 0.255 e. The monoisotopic (exact) mass is 300 g/mol. The summed E-state index contributed by atoms with van der Waals surface area (Å²) < 4.78 is 0. The summed E-state index contributed by atoms with van der Waals surface area (Å²) in [4.78, 5) is 14.7. The lowest BCUT2D eigenvalue weighted by molar-refractivity contribution is 0.0680. The Hall–Kier alpha value is -0.770. The van der Waals surface area contributed by atoms with Gasteiger partial charge in [-0.25, -0.2) is 0 Å². The van der Waals surface area contributed by atoms with Gasteiger partial charge in [-0.3, -0.25) is 4.79 Å². The van der Waals surface area contributed by atoms with E-state index in [4.69, 9.17) is 11.6 Å². The van der Waals surface area contributed by atoms with E-state index < -0.39 is 0 Å². The van der Waals surface area contributed by atoms with Gasteiger partial charge in [0.1, 0.15) is 0 Å². The standard InChI is InChI=1S/C14H17ClN2O.ClH/c15-13-4-2-1-3-12(13)14(18)17-10-5-6-11(17)9-16-8-7-10;/h1-4,10-11,16H,5-9H2;1H. The Bertz CT molecular complexity index is 453. The number of hydrogen-bond acceptors (Lipinski definition) is 2. The Balaban J connectivity index is 0.00000133. The first-order chi connectivity index (χ1) is 8.77. The van der Waals surface area contributed by atoms with Crippen molar-refractivity contribution in [2.45, 2.75) is 31.3 Å². The highest BCUT2D eigenvalue weighted by atomic mass is 35.5. The third-order valence-corrected chi connectivity index (χ3v) is 4.32. The molecule has 2 heterocycles. The van der Waals surface area contributed by atoms with E-state index in [2.05, 4.69) is 10.2 Å². The highest BCUT2D eigenvalue weighted by Crippen LogP contribution is 2.30. The molecule has 1 amide bonds. The number of nitrogens with one attached hydrogen (secondary N) is 1. The summed E-state index contributed by atoms with van der Waals surface area (Å²) >= 11 is 6.13. The lowest BCUT2D eigenvalue weighted by Gasteiger charge is -2.28. The average molecular weight is 301 g/mol. The molecule has 2 saturated heterocycles. The van der Waals surface area contributed by atoms with E-state index >= 15 is 0 Å². The molecular formula is C14H18Cl2N2O. The number of amides is 1. The second-order valence-corrected chi connectivity index (χ2v) is 5.48. The molecule has 2 bridgehead atoms. The van der Waals surface area contributed by atoms with Crippen LogP contribution >= 0.6 is 24.0 Å². The molecule has 0 radical (unpaired) electrons. The Morgan fingerprint density at radius 3 is 2.74 bits per heavy atom. The summed E-state index contributed by atoms with van der Waals surface area (Å²) in [5.41, 5.74) is 0.637. The minimum atomic E-state index is 0. The van der Waals surface area contributed by atoms with E-state index in [0.29, 0.717) is 22.7 Å². The zero-order chi connectivity index (χ0) is 12.5. The highest BCUT2D eigenvalue weighted by molar-refractivity contribution is 6.33. The topological polar surface area (TPSA) is 32.3 Å². The van der Waals surface area contributed by atoms with Crippen LogP contribution in [0, 0.1) is 0 Å². The van der Waals surface area contributed by atoms with Crippen molar-refractivity contribution in [2.75, 3.05) is 13.1 Å². The van der Waals surface area contributed by atoms with Gasteiger partial charge < -0.3 is 10.2 Å². The normalized spacial score (nSPS) is 25.6. The lowest BCUT2D eigenvalue weighted by Crippen LogP contribution is -2.42. The SMILES string of the molecule is Cl.O=C(c1ccccc1Cl)N1C2CCNCC1CC2. The predicted molar refractivity (Wildman–Crippen MR) is 79.2 cm³/mol. The van der Waals surface area contributed by atoms with Crippen LogP contribution in [-0.2, 0) is 0 Å². The van der Waals surface area contributed by atoms with Gasteiger partial charge in [0, 0.05) is 18.6 Å². The zero-order valence-electron chi connectivity index (χ0n) is 10.6. The average Bonchev–Trinajstić information content (AvgIpc) is 2.62. The van der Waals surface area contributed by atoms with Crippen molar-refractivity contribution < 1.29 is 4.79 Å². The Labute approximate surface area is 124 Å². The first-order valence-electron chi connectivity index (χ1n) is 6.55. The van der Waals surface area contributed by atoms with Gasteiger partial charge in [0.25, 0.3) is 5.91 Å². The summed E-state index contributed by atoms with van der Waals surface area (Å²) in [5.74, 6) is 0.0943. The molecule has 3 nitrogen and oxygen atoms in total. The number of hydrogen-bond donors (Lipinski definition) is 1. The van der Waals surface area contributed by atoms with Crippen molar-refractivity contribution in [1.82, 2.24) is 10.2 Å². The van der Waals surface area contributed by atoms with Gasteiger partial charge >= 0.3 is 0 Å². The van der Waals surface area contributed by atoms with E-state index in [0.717, 1.165) is 32.4 Å². The molecular weight excluding hydrogens is 283 g/mol. The molecule has 104 valence electrons. The van der Waals surface area contributed by atoms with Crippen LogP contribution in [0.2, 0.25) is 5.02 Å². The van der Waals surface area contributed by atoms with Crippen molar-refractivity contribution in [3.63, 3.8) is 0 Å². The first-order valence-corrected chi connectivity index (χ1v) is 6.93. The maximum atomic E-state index is 12.6. The molecule has 1 N–H and O–H groups in total. The van der Waals surface area contributed by atoms with E-state index in [-0.39, 0.29) is 18.3 Å². The van der Waals surface area contributed by atoms with Crippen molar-refractivity contribution in [3.05, 3.63) is 34.9 Å². The predicted octanol–water partition coefficient (Wildman–Crippen LogP) is 2.73. The summed E-state index contributed by atoms with van der Waals surface area (Å²) in [6.07, 6.45) is 3.28. The second-order valence-electron chi connectivity index (χ2n) is 5.07. The third-order valence-electron chi connectivity index (χ3n) is 3.99. The van der Waals surface area contributed by atoms with Crippen LogP contribution in [0.25, 0.3) is 0 Å². The largest absolute Gasteiger partial charge is 0.331 e. The summed E-state index contributed by atoms with van der Waals surface area (Å²) in [6, 6.07) is 8.05. The Morgan fingerprint density at radius 2 is 1.95 bits per heavy atom. The van der Waals surface area contributed by atoms with Crippen molar-refractivity contribution >= 4 is 29.9 Å². The number of nitrogens with zero attached hydrogens (tertiary/aromatic N) is 1. The molecule has 19 heavy (non-hydrogen) atoms. The molecule has 0 aliphatic carbocycles. The van der Waals surface area contributed by atoms with Crippen molar-refractivity contribution in [1.29, 1.82) is 0 Å². The molecule has 2 unspecified atom stereocenters. The number of rotatable bonds is 1. The maximum absolute atomic E-state index is 12.6. The number of fused-ring (bicyclic) bond motifs is 2. The van der Waals surface area contributed by atoms with Gasteiger partial charge in [0.2, 0.25) is 0 Å². The zero-order valence-corrected chi connectivity index (χ0v) is 12.2. The molecule has 0 spiro atoms. The summed E-state index contributed by atoms with van der Waals surface area (Å²) in [6.45, 7) is 1.92. The Morgan fingerprint density at radius 1 is 1.21 bits per heavy atom. The van der Waals surface area contributed by atoms with Gasteiger partial charge in [-0.2, -0.15) is 0 Å². The van der Waals surface area contributed by atoms with Crippen LogP contribution in [0.3, 0.4) is 0 Å².